The molecule has 0 spiro atoms. The Morgan fingerprint density at radius 2 is 1.76 bits per heavy atom. The van der Waals surface area contributed by atoms with E-state index in [-0.39, 0.29) is 18.1 Å². The molecule has 4 heteroatoms. The van der Waals surface area contributed by atoms with Gasteiger partial charge in [0, 0.05) is 10.9 Å². The lowest BCUT2D eigenvalue weighted by molar-refractivity contribution is -0.122. The van der Waals surface area contributed by atoms with E-state index in [0.717, 1.165) is 5.56 Å². The SMILES string of the molecule is CC(CBr)(NC(=O)Cc1ccccc1O)c1ccccc1. The molecule has 0 aliphatic rings. The van der Waals surface area contributed by atoms with Crippen LogP contribution in [0.1, 0.15) is 18.1 Å². The topological polar surface area (TPSA) is 49.3 Å². The first-order chi connectivity index (χ1) is 10.0. The van der Waals surface area contributed by atoms with E-state index >= 15 is 0 Å². The fourth-order valence-corrected chi connectivity index (χ4v) is 2.64. The van der Waals surface area contributed by atoms with Gasteiger partial charge in [-0.15, -0.1) is 0 Å². The number of phenols is 1. The van der Waals surface area contributed by atoms with Crippen molar-refractivity contribution in [3.63, 3.8) is 0 Å². The minimum Gasteiger partial charge on any atom is -0.508 e. The summed E-state index contributed by atoms with van der Waals surface area (Å²) in [4.78, 5) is 12.3. The highest BCUT2D eigenvalue weighted by atomic mass is 79.9. The van der Waals surface area contributed by atoms with Gasteiger partial charge in [0.1, 0.15) is 5.75 Å². The first-order valence-electron chi connectivity index (χ1n) is 6.74. The second-order valence-corrected chi connectivity index (χ2v) is 5.75. The Hall–Kier alpha value is -1.81. The molecule has 21 heavy (non-hydrogen) atoms. The van der Waals surface area contributed by atoms with Gasteiger partial charge in [0.15, 0.2) is 0 Å². The lowest BCUT2D eigenvalue weighted by Crippen LogP contribution is -2.45. The highest BCUT2D eigenvalue weighted by molar-refractivity contribution is 9.09. The van der Waals surface area contributed by atoms with Crippen LogP contribution in [-0.2, 0) is 16.8 Å². The maximum Gasteiger partial charge on any atom is 0.225 e. The summed E-state index contributed by atoms with van der Waals surface area (Å²) in [5.41, 5.74) is 1.18. The van der Waals surface area contributed by atoms with Crippen LogP contribution >= 0.6 is 15.9 Å². The van der Waals surface area contributed by atoms with E-state index < -0.39 is 5.54 Å². The molecule has 0 aromatic heterocycles. The highest BCUT2D eigenvalue weighted by Crippen LogP contribution is 2.23. The average Bonchev–Trinajstić information content (AvgIpc) is 2.50. The number of benzene rings is 2. The Morgan fingerprint density at radius 3 is 2.38 bits per heavy atom. The highest BCUT2D eigenvalue weighted by Gasteiger charge is 2.27. The zero-order chi connectivity index (χ0) is 15.3. The van der Waals surface area contributed by atoms with E-state index in [1.54, 1.807) is 18.2 Å². The van der Waals surface area contributed by atoms with Gasteiger partial charge in [-0.05, 0) is 18.6 Å². The van der Waals surface area contributed by atoms with Gasteiger partial charge < -0.3 is 10.4 Å². The molecule has 0 radical (unpaired) electrons. The van der Waals surface area contributed by atoms with Crippen LogP contribution in [0.2, 0.25) is 0 Å². The number of aromatic hydroxyl groups is 1. The zero-order valence-electron chi connectivity index (χ0n) is 11.8. The lowest BCUT2D eigenvalue weighted by Gasteiger charge is -2.29. The molecule has 1 atom stereocenters. The van der Waals surface area contributed by atoms with Crippen LogP contribution in [0.4, 0.5) is 0 Å². The Labute approximate surface area is 133 Å². The molecule has 1 unspecified atom stereocenters. The lowest BCUT2D eigenvalue weighted by atomic mass is 9.94. The van der Waals surface area contributed by atoms with Crippen molar-refractivity contribution in [2.45, 2.75) is 18.9 Å². The standard InChI is InChI=1S/C17H18BrNO2/c1-17(12-18,14-8-3-2-4-9-14)19-16(21)11-13-7-5-6-10-15(13)20/h2-10,20H,11-12H2,1H3,(H,19,21). The van der Waals surface area contributed by atoms with Gasteiger partial charge in [-0.2, -0.15) is 0 Å². The van der Waals surface area contributed by atoms with E-state index in [1.807, 2.05) is 43.3 Å². The molecule has 0 aliphatic carbocycles. The molecule has 0 saturated carbocycles. The monoisotopic (exact) mass is 347 g/mol. The molecule has 3 nitrogen and oxygen atoms in total. The minimum atomic E-state index is -0.483. The number of rotatable bonds is 5. The third-order valence-electron chi connectivity index (χ3n) is 3.44. The number of hydrogen-bond donors (Lipinski definition) is 2. The summed E-state index contributed by atoms with van der Waals surface area (Å²) in [6.07, 6.45) is 0.155. The zero-order valence-corrected chi connectivity index (χ0v) is 13.4. The fraction of sp³-hybridized carbons (Fsp3) is 0.235. The van der Waals surface area contributed by atoms with Crippen LogP contribution in [0.25, 0.3) is 0 Å². The van der Waals surface area contributed by atoms with E-state index in [0.29, 0.717) is 10.9 Å². The molecule has 0 bridgehead atoms. The van der Waals surface area contributed by atoms with Crippen LogP contribution in [0.15, 0.2) is 54.6 Å². The number of para-hydroxylation sites is 1. The molecule has 110 valence electrons. The number of carbonyl (C=O) groups is 1. The van der Waals surface area contributed by atoms with Gasteiger partial charge in [-0.3, -0.25) is 4.79 Å². The first-order valence-corrected chi connectivity index (χ1v) is 7.87. The second-order valence-electron chi connectivity index (χ2n) is 5.19. The van der Waals surface area contributed by atoms with Crippen LogP contribution in [0, 0.1) is 0 Å². The summed E-state index contributed by atoms with van der Waals surface area (Å²) in [5.74, 6) is 0.0233. The smallest absolute Gasteiger partial charge is 0.225 e. The van der Waals surface area contributed by atoms with Crippen molar-refractivity contribution >= 4 is 21.8 Å². The van der Waals surface area contributed by atoms with Crippen molar-refractivity contribution in [3.05, 3.63) is 65.7 Å². The number of halogens is 1. The summed E-state index contributed by atoms with van der Waals surface area (Å²) in [6, 6.07) is 16.7. The van der Waals surface area contributed by atoms with E-state index in [2.05, 4.69) is 21.2 Å². The summed E-state index contributed by atoms with van der Waals surface area (Å²) >= 11 is 3.47. The molecule has 2 aromatic rings. The normalized spacial score (nSPS) is 13.4. The van der Waals surface area contributed by atoms with Crippen LogP contribution in [-0.4, -0.2) is 16.3 Å². The van der Waals surface area contributed by atoms with Crippen molar-refractivity contribution in [1.29, 1.82) is 0 Å². The molecule has 0 fully saturated rings. The number of carbonyl (C=O) groups excluding carboxylic acids is 1. The number of alkyl halides is 1. The maximum atomic E-state index is 12.3. The minimum absolute atomic E-state index is 0.123. The summed E-state index contributed by atoms with van der Waals surface area (Å²) < 4.78 is 0. The van der Waals surface area contributed by atoms with Gasteiger partial charge in [0.25, 0.3) is 0 Å². The molecule has 0 heterocycles. The van der Waals surface area contributed by atoms with Crippen LogP contribution in [0.5, 0.6) is 5.75 Å². The van der Waals surface area contributed by atoms with Gasteiger partial charge in [-0.25, -0.2) is 0 Å². The van der Waals surface area contributed by atoms with E-state index in [9.17, 15) is 9.90 Å². The number of nitrogens with one attached hydrogen (secondary N) is 1. The number of amides is 1. The first kappa shape index (κ1) is 15.6. The third-order valence-corrected chi connectivity index (χ3v) is 4.56. The van der Waals surface area contributed by atoms with Gasteiger partial charge in [-0.1, -0.05) is 64.5 Å². The quantitative estimate of drug-likeness (QED) is 0.814. The molecular weight excluding hydrogens is 330 g/mol. The molecule has 2 N–H and O–H groups in total. The molecule has 2 aromatic carbocycles. The summed E-state index contributed by atoms with van der Waals surface area (Å²) in [7, 11) is 0. The Bertz CT molecular complexity index is 615. The second kappa shape index (κ2) is 6.76. The van der Waals surface area contributed by atoms with Crippen LogP contribution < -0.4 is 5.32 Å². The van der Waals surface area contributed by atoms with Crippen molar-refractivity contribution in [2.24, 2.45) is 0 Å². The van der Waals surface area contributed by atoms with Crippen LogP contribution in [0.3, 0.4) is 0 Å². The van der Waals surface area contributed by atoms with Crippen molar-refractivity contribution < 1.29 is 9.90 Å². The molecular formula is C17H18BrNO2. The Balaban J connectivity index is 2.12. The molecule has 2 rings (SSSR count). The fourth-order valence-electron chi connectivity index (χ4n) is 2.17. The van der Waals surface area contributed by atoms with Crippen molar-refractivity contribution in [2.75, 3.05) is 5.33 Å². The largest absolute Gasteiger partial charge is 0.508 e. The van der Waals surface area contributed by atoms with Gasteiger partial charge in [0.05, 0.1) is 12.0 Å². The Kier molecular flexibility index (Phi) is 5.02. The summed E-state index contributed by atoms with van der Waals surface area (Å²) in [5, 5.41) is 13.4. The van der Waals surface area contributed by atoms with E-state index in [1.165, 1.54) is 0 Å². The van der Waals surface area contributed by atoms with Crippen molar-refractivity contribution in [1.82, 2.24) is 5.32 Å². The van der Waals surface area contributed by atoms with E-state index in [4.69, 9.17) is 0 Å². The van der Waals surface area contributed by atoms with Gasteiger partial charge >= 0.3 is 0 Å². The molecule has 0 aliphatic heterocycles. The maximum absolute atomic E-state index is 12.3. The third kappa shape index (κ3) is 3.85. The molecule has 0 saturated heterocycles. The number of phenolic OH excluding ortho intramolecular Hbond substituents is 1. The predicted molar refractivity (Wildman–Crippen MR) is 87.5 cm³/mol. The Morgan fingerprint density at radius 1 is 1.14 bits per heavy atom. The molecule has 1 amide bonds. The van der Waals surface area contributed by atoms with Crippen molar-refractivity contribution in [3.8, 4) is 5.75 Å². The predicted octanol–water partition coefficient (Wildman–Crippen LogP) is 3.36. The number of hydrogen-bond acceptors (Lipinski definition) is 2. The average molecular weight is 348 g/mol. The van der Waals surface area contributed by atoms with Gasteiger partial charge in [0.2, 0.25) is 5.91 Å². The summed E-state index contributed by atoms with van der Waals surface area (Å²) in [6.45, 7) is 1.97.